The third kappa shape index (κ3) is 2.35. The Bertz CT molecular complexity index is 429. The van der Waals surface area contributed by atoms with Gasteiger partial charge >= 0.3 is 0 Å². The van der Waals surface area contributed by atoms with E-state index in [1.54, 1.807) is 0 Å². The van der Waals surface area contributed by atoms with Gasteiger partial charge in [0.25, 0.3) is 0 Å². The minimum absolute atomic E-state index is 1.02. The van der Waals surface area contributed by atoms with Gasteiger partial charge in [-0.1, -0.05) is 44.0 Å². The van der Waals surface area contributed by atoms with Crippen molar-refractivity contribution in [1.29, 1.82) is 0 Å². The second-order valence-corrected chi connectivity index (χ2v) is 3.79. The van der Waals surface area contributed by atoms with E-state index in [1.807, 2.05) is 6.20 Å². The van der Waals surface area contributed by atoms with Crippen molar-refractivity contribution in [3.8, 4) is 0 Å². The summed E-state index contributed by atoms with van der Waals surface area (Å²) in [5.41, 5.74) is 1.22. The fourth-order valence-corrected chi connectivity index (χ4v) is 1.85. The van der Waals surface area contributed by atoms with Gasteiger partial charge in [-0.15, -0.1) is 0 Å². The van der Waals surface area contributed by atoms with Crippen molar-refractivity contribution < 1.29 is 0 Å². The van der Waals surface area contributed by atoms with Gasteiger partial charge in [-0.05, 0) is 24.3 Å². The number of rotatable bonds is 4. The molecule has 0 aliphatic rings. The van der Waals surface area contributed by atoms with Gasteiger partial charge < -0.3 is 0 Å². The van der Waals surface area contributed by atoms with E-state index >= 15 is 0 Å². The van der Waals surface area contributed by atoms with Crippen LogP contribution in [0.5, 0.6) is 0 Å². The summed E-state index contributed by atoms with van der Waals surface area (Å²) >= 11 is 0. The maximum absolute atomic E-state index is 4.46. The molecule has 0 spiro atoms. The van der Waals surface area contributed by atoms with Crippen LogP contribution in [0, 0.1) is 6.92 Å². The van der Waals surface area contributed by atoms with E-state index in [9.17, 15) is 0 Å². The summed E-state index contributed by atoms with van der Waals surface area (Å²) in [7, 11) is 0. The van der Waals surface area contributed by atoms with Crippen LogP contribution in [0.1, 0.15) is 25.0 Å². The first kappa shape index (κ1) is 10.2. The summed E-state index contributed by atoms with van der Waals surface area (Å²) in [6, 6.07) is 10.5. The summed E-state index contributed by atoms with van der Waals surface area (Å²) in [6.07, 6.45) is 6.36. The van der Waals surface area contributed by atoms with Crippen molar-refractivity contribution in [3.05, 3.63) is 49.1 Å². The first-order valence-corrected chi connectivity index (χ1v) is 5.53. The smallest absolute Gasteiger partial charge is 0.0481 e. The molecular weight excluding hydrogens is 182 g/mol. The number of aryl methyl sites for hydroxylation is 1. The molecule has 0 fully saturated rings. The molecule has 0 saturated carbocycles. The SMILES string of the molecule is [CH2]CCCCc1nccc2ccccc12. The summed E-state index contributed by atoms with van der Waals surface area (Å²) in [6.45, 7) is 3.86. The molecule has 0 atom stereocenters. The Hall–Kier alpha value is -1.37. The predicted octanol–water partition coefficient (Wildman–Crippen LogP) is 3.78. The van der Waals surface area contributed by atoms with Crippen LogP contribution < -0.4 is 0 Å². The van der Waals surface area contributed by atoms with E-state index in [1.165, 1.54) is 29.3 Å². The maximum Gasteiger partial charge on any atom is 0.0481 e. The standard InChI is InChI=1S/C14H16N/c1-2-3-4-9-14-13-8-6-5-7-12(13)10-11-15-14/h5-8,10-11H,1-4,9H2. The van der Waals surface area contributed by atoms with Crippen LogP contribution in [-0.4, -0.2) is 4.98 Å². The van der Waals surface area contributed by atoms with Crippen LogP contribution in [0.25, 0.3) is 10.8 Å². The number of pyridine rings is 1. The van der Waals surface area contributed by atoms with Gasteiger partial charge in [0.05, 0.1) is 0 Å². The van der Waals surface area contributed by atoms with Crippen LogP contribution in [0.4, 0.5) is 0 Å². The Labute approximate surface area is 91.2 Å². The van der Waals surface area contributed by atoms with Crippen molar-refractivity contribution in [1.82, 2.24) is 4.98 Å². The summed E-state index contributed by atoms with van der Waals surface area (Å²) in [4.78, 5) is 4.46. The van der Waals surface area contributed by atoms with Gasteiger partial charge in [-0.2, -0.15) is 0 Å². The van der Waals surface area contributed by atoms with Gasteiger partial charge in [0, 0.05) is 17.3 Å². The zero-order chi connectivity index (χ0) is 10.5. The number of benzene rings is 1. The fraction of sp³-hybridized carbons (Fsp3) is 0.286. The molecule has 1 radical (unpaired) electrons. The molecule has 2 aromatic rings. The van der Waals surface area contributed by atoms with Crippen LogP contribution >= 0.6 is 0 Å². The summed E-state index contributed by atoms with van der Waals surface area (Å²) in [5, 5.41) is 2.58. The molecule has 0 aliphatic carbocycles. The fourth-order valence-electron chi connectivity index (χ4n) is 1.85. The highest BCUT2D eigenvalue weighted by molar-refractivity contribution is 5.84. The molecular formula is C14H16N. The first-order chi connectivity index (χ1) is 7.42. The van der Waals surface area contributed by atoms with Crippen LogP contribution in [0.2, 0.25) is 0 Å². The number of hydrogen-bond acceptors (Lipinski definition) is 1. The number of aromatic nitrogens is 1. The van der Waals surface area contributed by atoms with Crippen molar-refractivity contribution in [3.63, 3.8) is 0 Å². The molecule has 1 aromatic heterocycles. The lowest BCUT2D eigenvalue weighted by Gasteiger charge is -2.04. The van der Waals surface area contributed by atoms with Crippen molar-refractivity contribution >= 4 is 10.8 Å². The van der Waals surface area contributed by atoms with Gasteiger partial charge in [-0.25, -0.2) is 0 Å². The first-order valence-electron chi connectivity index (χ1n) is 5.53. The number of fused-ring (bicyclic) bond motifs is 1. The molecule has 1 aromatic carbocycles. The van der Waals surface area contributed by atoms with Crippen molar-refractivity contribution in [2.24, 2.45) is 0 Å². The average Bonchev–Trinajstić information content (AvgIpc) is 2.30. The maximum atomic E-state index is 4.46. The average molecular weight is 198 g/mol. The molecule has 0 amide bonds. The van der Waals surface area contributed by atoms with E-state index in [0.717, 1.165) is 12.8 Å². The second-order valence-electron chi connectivity index (χ2n) is 3.79. The van der Waals surface area contributed by atoms with Crippen LogP contribution in [0.3, 0.4) is 0 Å². The quantitative estimate of drug-likeness (QED) is 0.681. The molecule has 0 saturated heterocycles. The molecule has 1 nitrogen and oxygen atoms in total. The highest BCUT2D eigenvalue weighted by Crippen LogP contribution is 2.17. The number of hydrogen-bond donors (Lipinski definition) is 0. The zero-order valence-corrected chi connectivity index (χ0v) is 8.95. The molecule has 15 heavy (non-hydrogen) atoms. The van der Waals surface area contributed by atoms with Gasteiger partial charge in [0.1, 0.15) is 0 Å². The van der Waals surface area contributed by atoms with Crippen molar-refractivity contribution in [2.75, 3.05) is 0 Å². The van der Waals surface area contributed by atoms with E-state index < -0.39 is 0 Å². The van der Waals surface area contributed by atoms with Crippen LogP contribution in [0.15, 0.2) is 36.5 Å². The molecule has 2 rings (SSSR count). The third-order valence-electron chi connectivity index (χ3n) is 2.67. The highest BCUT2D eigenvalue weighted by atomic mass is 14.7. The van der Waals surface area contributed by atoms with E-state index in [2.05, 4.69) is 42.2 Å². The van der Waals surface area contributed by atoms with Crippen molar-refractivity contribution in [2.45, 2.75) is 25.7 Å². The van der Waals surface area contributed by atoms with Gasteiger partial charge in [-0.3, -0.25) is 4.98 Å². The Morgan fingerprint density at radius 3 is 2.80 bits per heavy atom. The topological polar surface area (TPSA) is 12.9 Å². The largest absolute Gasteiger partial charge is 0.261 e. The predicted molar refractivity (Wildman–Crippen MR) is 64.7 cm³/mol. The zero-order valence-electron chi connectivity index (χ0n) is 8.95. The molecule has 0 aliphatic heterocycles. The van der Waals surface area contributed by atoms with Gasteiger partial charge in [0.15, 0.2) is 0 Å². The van der Waals surface area contributed by atoms with Crippen LogP contribution in [-0.2, 0) is 6.42 Å². The molecule has 1 heterocycles. The lowest BCUT2D eigenvalue weighted by atomic mass is 10.1. The number of unbranched alkanes of at least 4 members (excludes halogenated alkanes) is 2. The lowest BCUT2D eigenvalue weighted by molar-refractivity contribution is 0.737. The Morgan fingerprint density at radius 1 is 1.07 bits per heavy atom. The summed E-state index contributed by atoms with van der Waals surface area (Å²) < 4.78 is 0. The lowest BCUT2D eigenvalue weighted by Crippen LogP contribution is -1.91. The molecule has 0 unspecified atom stereocenters. The normalized spacial score (nSPS) is 10.7. The number of nitrogens with zero attached hydrogens (tertiary/aromatic N) is 1. The third-order valence-corrected chi connectivity index (χ3v) is 2.67. The van der Waals surface area contributed by atoms with E-state index in [-0.39, 0.29) is 0 Å². The Kier molecular flexibility index (Phi) is 3.33. The minimum atomic E-state index is 1.02. The summed E-state index contributed by atoms with van der Waals surface area (Å²) in [5.74, 6) is 0. The Balaban J connectivity index is 2.26. The second kappa shape index (κ2) is 4.92. The Morgan fingerprint density at radius 2 is 1.93 bits per heavy atom. The molecule has 77 valence electrons. The van der Waals surface area contributed by atoms with E-state index in [0.29, 0.717) is 0 Å². The molecule has 0 bridgehead atoms. The van der Waals surface area contributed by atoms with E-state index in [4.69, 9.17) is 0 Å². The minimum Gasteiger partial charge on any atom is -0.261 e. The highest BCUT2D eigenvalue weighted by Gasteiger charge is 2.00. The van der Waals surface area contributed by atoms with Gasteiger partial charge in [0.2, 0.25) is 0 Å². The monoisotopic (exact) mass is 198 g/mol. The molecule has 1 heteroatoms. The molecule has 0 N–H and O–H groups in total.